The average Bonchev–Trinajstić information content (AvgIpc) is 3.17. The molecule has 2 aliphatic heterocycles. The molecule has 2 aromatic carbocycles. The van der Waals surface area contributed by atoms with Gasteiger partial charge in [-0.15, -0.1) is 12.4 Å². The predicted molar refractivity (Wildman–Crippen MR) is 118 cm³/mol. The Balaban J connectivity index is 0.00000240. The van der Waals surface area contributed by atoms with Crippen molar-refractivity contribution in [3.05, 3.63) is 70.3 Å². The molecule has 154 valence electrons. The molecule has 0 radical (unpaired) electrons. The lowest BCUT2D eigenvalue weighted by molar-refractivity contribution is 0.0605. The second-order valence-electron chi connectivity index (χ2n) is 8.41. The second kappa shape index (κ2) is 8.68. The zero-order chi connectivity index (χ0) is 19.7. The molecule has 2 saturated heterocycles. The monoisotopic (exact) mass is 412 g/mol. The van der Waals surface area contributed by atoms with Crippen molar-refractivity contribution in [3.63, 3.8) is 0 Å². The first-order chi connectivity index (χ1) is 13.5. The van der Waals surface area contributed by atoms with Crippen molar-refractivity contribution < 1.29 is 9.59 Å². The third-order valence-electron chi connectivity index (χ3n) is 6.48. The number of hydrogen-bond donors (Lipinski definition) is 1. The molecule has 0 aliphatic carbocycles. The lowest BCUT2D eigenvalue weighted by Crippen LogP contribution is -2.44. The van der Waals surface area contributed by atoms with Crippen LogP contribution in [0.15, 0.2) is 42.5 Å². The largest absolute Gasteiger partial charge is 0.339 e. The highest BCUT2D eigenvalue weighted by atomic mass is 35.5. The van der Waals surface area contributed by atoms with Gasteiger partial charge in [0.1, 0.15) is 0 Å². The van der Waals surface area contributed by atoms with Crippen molar-refractivity contribution >= 4 is 24.1 Å². The van der Waals surface area contributed by atoms with E-state index in [4.69, 9.17) is 0 Å². The van der Waals surface area contributed by atoms with E-state index in [1.54, 1.807) is 12.1 Å². The summed E-state index contributed by atoms with van der Waals surface area (Å²) in [4.78, 5) is 28.5. The van der Waals surface area contributed by atoms with E-state index >= 15 is 0 Å². The van der Waals surface area contributed by atoms with Gasteiger partial charge in [0, 0.05) is 30.8 Å². The van der Waals surface area contributed by atoms with Gasteiger partial charge in [-0.05, 0) is 62.8 Å². The summed E-state index contributed by atoms with van der Waals surface area (Å²) in [5, 5.41) is 3.46. The number of ketones is 1. The normalized spacial score (nSPS) is 17.8. The van der Waals surface area contributed by atoms with E-state index in [0.717, 1.165) is 50.1 Å². The van der Waals surface area contributed by atoms with E-state index < -0.39 is 0 Å². The Morgan fingerprint density at radius 3 is 2.28 bits per heavy atom. The summed E-state index contributed by atoms with van der Waals surface area (Å²) < 4.78 is 0. The number of rotatable bonds is 3. The molecule has 29 heavy (non-hydrogen) atoms. The summed E-state index contributed by atoms with van der Waals surface area (Å²) in [5.74, 6) is -0.0892. The van der Waals surface area contributed by atoms with Crippen molar-refractivity contribution in [2.24, 2.45) is 5.41 Å². The van der Waals surface area contributed by atoms with E-state index in [-0.39, 0.29) is 24.1 Å². The molecule has 2 fully saturated rings. The van der Waals surface area contributed by atoms with Crippen LogP contribution in [0.1, 0.15) is 56.7 Å². The average molecular weight is 413 g/mol. The zero-order valence-corrected chi connectivity index (χ0v) is 18.0. The number of nitrogens with one attached hydrogen (secondary N) is 1. The molecule has 0 saturated carbocycles. The summed E-state index contributed by atoms with van der Waals surface area (Å²) in [7, 11) is 0. The number of halogens is 1. The van der Waals surface area contributed by atoms with Crippen molar-refractivity contribution in [2.75, 3.05) is 26.2 Å². The van der Waals surface area contributed by atoms with E-state index in [9.17, 15) is 9.59 Å². The van der Waals surface area contributed by atoms with Gasteiger partial charge in [0.25, 0.3) is 5.91 Å². The van der Waals surface area contributed by atoms with Gasteiger partial charge in [-0.2, -0.15) is 0 Å². The maximum Gasteiger partial charge on any atom is 0.254 e. The molecular formula is C24H29ClN2O2. The van der Waals surface area contributed by atoms with Crippen LogP contribution in [0.2, 0.25) is 0 Å². The number of likely N-dealkylation sites (tertiary alicyclic amines) is 1. The Bertz CT molecular complexity index is 909. The number of carbonyl (C=O) groups is 2. The topological polar surface area (TPSA) is 49.4 Å². The van der Waals surface area contributed by atoms with Gasteiger partial charge in [0.2, 0.25) is 0 Å². The third-order valence-corrected chi connectivity index (χ3v) is 6.48. The Hall–Kier alpha value is -2.17. The van der Waals surface area contributed by atoms with Gasteiger partial charge < -0.3 is 10.2 Å². The van der Waals surface area contributed by atoms with Crippen LogP contribution >= 0.6 is 12.4 Å². The Morgan fingerprint density at radius 1 is 0.931 bits per heavy atom. The van der Waals surface area contributed by atoms with E-state index in [2.05, 4.69) is 5.32 Å². The molecule has 0 atom stereocenters. The van der Waals surface area contributed by atoms with Gasteiger partial charge in [0.05, 0.1) is 5.56 Å². The standard InChI is InChI=1S/C24H28N2O2.ClH/c1-17-7-8-18(2)21(15-17)22(27)19-5-3-4-6-20(19)23(28)26-13-10-24(11-14-26)9-12-25-16-24;/h3-8,15,25H,9-14,16H2,1-2H3;1H. The molecule has 2 aromatic rings. The van der Waals surface area contributed by atoms with E-state index in [1.165, 1.54) is 6.42 Å². The van der Waals surface area contributed by atoms with Crippen LogP contribution in [0, 0.1) is 19.3 Å². The van der Waals surface area contributed by atoms with Gasteiger partial charge in [-0.1, -0.05) is 35.9 Å². The first kappa shape index (κ1) is 21.5. The van der Waals surface area contributed by atoms with Crippen LogP contribution in [0.25, 0.3) is 0 Å². The van der Waals surface area contributed by atoms with Gasteiger partial charge in [-0.3, -0.25) is 9.59 Å². The Morgan fingerprint density at radius 2 is 1.62 bits per heavy atom. The van der Waals surface area contributed by atoms with E-state index in [1.807, 2.05) is 49.1 Å². The second-order valence-corrected chi connectivity index (χ2v) is 8.41. The van der Waals surface area contributed by atoms with Crippen LogP contribution in [-0.2, 0) is 0 Å². The van der Waals surface area contributed by atoms with Gasteiger partial charge in [0.15, 0.2) is 5.78 Å². The molecule has 1 spiro atoms. The summed E-state index contributed by atoms with van der Waals surface area (Å²) in [6, 6.07) is 13.1. The van der Waals surface area contributed by atoms with Crippen LogP contribution in [0.4, 0.5) is 0 Å². The van der Waals surface area contributed by atoms with Crippen LogP contribution in [0.5, 0.6) is 0 Å². The number of carbonyl (C=O) groups excluding carboxylic acids is 2. The lowest BCUT2D eigenvalue weighted by atomic mass is 9.77. The Kier molecular flexibility index (Phi) is 6.45. The number of nitrogens with zero attached hydrogens (tertiary/aromatic N) is 1. The molecule has 0 bridgehead atoms. The SMILES string of the molecule is Cc1ccc(C)c(C(=O)c2ccccc2C(=O)N2CCC3(CCNC3)CC2)c1.Cl. The minimum atomic E-state index is -0.0707. The summed E-state index contributed by atoms with van der Waals surface area (Å²) in [5.41, 5.74) is 4.05. The number of benzene rings is 2. The van der Waals surface area contributed by atoms with Crippen LogP contribution in [0.3, 0.4) is 0 Å². The molecule has 0 unspecified atom stereocenters. The van der Waals surface area contributed by atoms with Crippen molar-refractivity contribution in [1.29, 1.82) is 0 Å². The highest BCUT2D eigenvalue weighted by molar-refractivity contribution is 6.16. The third kappa shape index (κ3) is 4.24. The molecule has 2 aliphatic rings. The van der Waals surface area contributed by atoms with Crippen molar-refractivity contribution in [1.82, 2.24) is 10.2 Å². The fourth-order valence-corrected chi connectivity index (χ4v) is 4.57. The number of amides is 1. The summed E-state index contributed by atoms with van der Waals surface area (Å²) in [6.45, 7) is 7.61. The van der Waals surface area contributed by atoms with Crippen molar-refractivity contribution in [2.45, 2.75) is 33.1 Å². The van der Waals surface area contributed by atoms with Crippen molar-refractivity contribution in [3.8, 4) is 0 Å². The zero-order valence-electron chi connectivity index (χ0n) is 17.2. The highest BCUT2D eigenvalue weighted by Crippen LogP contribution is 2.37. The lowest BCUT2D eigenvalue weighted by Gasteiger charge is -2.39. The van der Waals surface area contributed by atoms with E-state index in [0.29, 0.717) is 22.1 Å². The molecule has 5 heteroatoms. The fraction of sp³-hybridized carbons (Fsp3) is 0.417. The Labute approximate surface area is 179 Å². The highest BCUT2D eigenvalue weighted by Gasteiger charge is 2.38. The molecular weight excluding hydrogens is 384 g/mol. The van der Waals surface area contributed by atoms with Gasteiger partial charge >= 0.3 is 0 Å². The fourth-order valence-electron chi connectivity index (χ4n) is 4.57. The number of piperidine rings is 1. The molecule has 2 heterocycles. The molecule has 1 amide bonds. The summed E-state index contributed by atoms with van der Waals surface area (Å²) in [6.07, 6.45) is 3.29. The molecule has 1 N–H and O–H groups in total. The maximum absolute atomic E-state index is 13.3. The maximum atomic E-state index is 13.3. The smallest absolute Gasteiger partial charge is 0.254 e. The minimum Gasteiger partial charge on any atom is -0.339 e. The van der Waals surface area contributed by atoms with Gasteiger partial charge in [-0.25, -0.2) is 0 Å². The minimum absolute atomic E-state index is 0. The predicted octanol–water partition coefficient (Wildman–Crippen LogP) is 4.17. The van der Waals surface area contributed by atoms with Crippen LogP contribution < -0.4 is 5.32 Å². The number of hydrogen-bond acceptors (Lipinski definition) is 3. The first-order valence-corrected chi connectivity index (χ1v) is 10.2. The molecule has 4 nitrogen and oxygen atoms in total. The molecule has 0 aromatic heterocycles. The first-order valence-electron chi connectivity index (χ1n) is 10.2. The van der Waals surface area contributed by atoms with Crippen LogP contribution in [-0.4, -0.2) is 42.8 Å². The summed E-state index contributed by atoms with van der Waals surface area (Å²) >= 11 is 0. The quantitative estimate of drug-likeness (QED) is 0.769. The number of aryl methyl sites for hydroxylation is 2. The molecule has 4 rings (SSSR count).